The number of hydrogen-bond donors (Lipinski definition) is 2. The molecule has 1 rings (SSSR count). The lowest BCUT2D eigenvalue weighted by Gasteiger charge is -2.11. The predicted octanol–water partition coefficient (Wildman–Crippen LogP) is 1.16. The van der Waals surface area contributed by atoms with Crippen LogP contribution in [0.2, 0.25) is 0 Å². The zero-order valence-corrected chi connectivity index (χ0v) is 9.36. The topological polar surface area (TPSA) is 79.7 Å². The van der Waals surface area contributed by atoms with Crippen LogP contribution in [0, 0.1) is 13.8 Å². The van der Waals surface area contributed by atoms with E-state index in [2.05, 4.69) is 4.98 Å². The number of aromatic nitrogens is 1. The van der Waals surface area contributed by atoms with Crippen LogP contribution in [0.25, 0.3) is 0 Å². The fourth-order valence-electron chi connectivity index (χ4n) is 1.41. The first-order valence-corrected chi connectivity index (χ1v) is 5.01. The normalized spacial score (nSPS) is 10.2. The molecule has 16 heavy (non-hydrogen) atoms. The maximum Gasteiger partial charge on any atom is 0.341 e. The zero-order valence-electron chi connectivity index (χ0n) is 9.36. The van der Waals surface area contributed by atoms with E-state index in [1.54, 1.807) is 19.9 Å². The number of carbonyl (C=O) groups is 1. The van der Waals surface area contributed by atoms with Crippen molar-refractivity contribution in [1.29, 1.82) is 0 Å². The van der Waals surface area contributed by atoms with E-state index in [-0.39, 0.29) is 12.2 Å². The number of rotatable bonds is 5. The highest BCUT2D eigenvalue weighted by Crippen LogP contribution is 2.22. The lowest BCUT2D eigenvalue weighted by Crippen LogP contribution is -2.09. The Labute approximate surface area is 93.7 Å². The van der Waals surface area contributed by atoms with Crippen molar-refractivity contribution in [2.45, 2.75) is 20.3 Å². The van der Waals surface area contributed by atoms with Gasteiger partial charge in [0, 0.05) is 24.8 Å². The summed E-state index contributed by atoms with van der Waals surface area (Å²) in [6, 6.07) is 1.59. The van der Waals surface area contributed by atoms with Gasteiger partial charge < -0.3 is 14.9 Å². The minimum Gasteiger partial charge on any atom is -0.492 e. The van der Waals surface area contributed by atoms with Crippen molar-refractivity contribution in [3.05, 3.63) is 23.0 Å². The number of hydrogen-bond acceptors (Lipinski definition) is 4. The summed E-state index contributed by atoms with van der Waals surface area (Å²) in [5, 5.41) is 17.6. The van der Waals surface area contributed by atoms with Crippen LogP contribution in [0.4, 0.5) is 0 Å². The zero-order chi connectivity index (χ0) is 12.1. The number of aliphatic hydroxyl groups excluding tert-OH is 1. The summed E-state index contributed by atoms with van der Waals surface area (Å²) in [5.41, 5.74) is 1.23. The molecule has 0 spiro atoms. The Morgan fingerprint density at radius 3 is 2.75 bits per heavy atom. The molecule has 5 heteroatoms. The Morgan fingerprint density at radius 2 is 2.19 bits per heavy atom. The molecule has 1 heterocycles. The van der Waals surface area contributed by atoms with Crippen LogP contribution in [-0.4, -0.2) is 34.4 Å². The average molecular weight is 225 g/mol. The van der Waals surface area contributed by atoms with Gasteiger partial charge in [-0.3, -0.25) is 4.98 Å². The van der Waals surface area contributed by atoms with E-state index in [0.29, 0.717) is 30.2 Å². The third-order valence-electron chi connectivity index (χ3n) is 2.07. The number of nitrogens with zero attached hydrogens (tertiary/aromatic N) is 1. The van der Waals surface area contributed by atoms with Crippen LogP contribution in [0.15, 0.2) is 6.07 Å². The molecule has 0 saturated heterocycles. The summed E-state index contributed by atoms with van der Waals surface area (Å²) in [4.78, 5) is 15.1. The van der Waals surface area contributed by atoms with Crippen molar-refractivity contribution in [2.75, 3.05) is 13.2 Å². The summed E-state index contributed by atoms with van der Waals surface area (Å²) in [6.07, 6.45) is 0.472. The predicted molar refractivity (Wildman–Crippen MR) is 57.9 cm³/mol. The molecule has 0 amide bonds. The number of aliphatic hydroxyl groups is 1. The van der Waals surface area contributed by atoms with Crippen LogP contribution in [-0.2, 0) is 0 Å². The maximum atomic E-state index is 11.0. The summed E-state index contributed by atoms with van der Waals surface area (Å²) in [7, 11) is 0. The molecule has 0 aliphatic rings. The Balaban J connectivity index is 2.99. The summed E-state index contributed by atoms with van der Waals surface area (Å²) in [5.74, 6) is -0.741. The molecule has 0 fully saturated rings. The maximum absolute atomic E-state index is 11.0. The molecule has 0 saturated carbocycles. The standard InChI is InChI=1S/C11H15NO4/c1-7-6-9(16-5-3-4-13)10(11(14)15)8(2)12-7/h6,13H,3-5H2,1-2H3,(H,14,15). The minimum absolute atomic E-state index is 0.0193. The van der Waals surface area contributed by atoms with Crippen molar-refractivity contribution in [2.24, 2.45) is 0 Å². The van der Waals surface area contributed by atoms with Crippen LogP contribution in [0.1, 0.15) is 28.2 Å². The first-order valence-electron chi connectivity index (χ1n) is 5.01. The Kier molecular flexibility index (Phi) is 4.25. The molecule has 0 aliphatic heterocycles. The van der Waals surface area contributed by atoms with Crippen molar-refractivity contribution in [3.8, 4) is 5.75 Å². The summed E-state index contributed by atoms with van der Waals surface area (Å²) < 4.78 is 5.32. The lowest BCUT2D eigenvalue weighted by atomic mass is 10.1. The molecular formula is C11H15NO4. The van der Waals surface area contributed by atoms with Crippen LogP contribution >= 0.6 is 0 Å². The largest absolute Gasteiger partial charge is 0.492 e. The molecule has 0 aliphatic carbocycles. The van der Waals surface area contributed by atoms with E-state index in [0.717, 1.165) is 0 Å². The number of pyridine rings is 1. The highest BCUT2D eigenvalue weighted by atomic mass is 16.5. The highest BCUT2D eigenvalue weighted by Gasteiger charge is 2.16. The molecule has 2 N–H and O–H groups in total. The third kappa shape index (κ3) is 2.93. The Bertz CT molecular complexity index is 390. The number of carboxylic acid groups (broad SMARTS) is 1. The number of aryl methyl sites for hydroxylation is 2. The summed E-state index contributed by atoms with van der Waals surface area (Å²) >= 11 is 0. The molecule has 0 aromatic carbocycles. The van der Waals surface area contributed by atoms with E-state index >= 15 is 0 Å². The van der Waals surface area contributed by atoms with Gasteiger partial charge in [0.2, 0.25) is 0 Å². The van der Waals surface area contributed by atoms with Gasteiger partial charge in [-0.15, -0.1) is 0 Å². The van der Waals surface area contributed by atoms with Gasteiger partial charge in [-0.25, -0.2) is 4.79 Å². The molecule has 5 nitrogen and oxygen atoms in total. The van der Waals surface area contributed by atoms with Gasteiger partial charge in [-0.05, 0) is 13.8 Å². The molecule has 1 aromatic heterocycles. The fraction of sp³-hybridized carbons (Fsp3) is 0.455. The van der Waals surface area contributed by atoms with E-state index in [9.17, 15) is 4.79 Å². The van der Waals surface area contributed by atoms with E-state index < -0.39 is 5.97 Å². The smallest absolute Gasteiger partial charge is 0.341 e. The van der Waals surface area contributed by atoms with Gasteiger partial charge >= 0.3 is 5.97 Å². The first kappa shape index (κ1) is 12.4. The van der Waals surface area contributed by atoms with Crippen LogP contribution in [0.5, 0.6) is 5.75 Å². The van der Waals surface area contributed by atoms with Gasteiger partial charge in [0.1, 0.15) is 11.3 Å². The van der Waals surface area contributed by atoms with Gasteiger partial charge in [0.15, 0.2) is 0 Å². The van der Waals surface area contributed by atoms with Crippen molar-refractivity contribution in [3.63, 3.8) is 0 Å². The second kappa shape index (κ2) is 5.46. The van der Waals surface area contributed by atoms with E-state index in [1.807, 2.05) is 0 Å². The van der Waals surface area contributed by atoms with Crippen LogP contribution < -0.4 is 4.74 Å². The quantitative estimate of drug-likeness (QED) is 0.735. The summed E-state index contributed by atoms with van der Waals surface area (Å²) in [6.45, 7) is 3.72. The number of aromatic carboxylic acids is 1. The van der Waals surface area contributed by atoms with Crippen molar-refractivity contribution < 1.29 is 19.7 Å². The van der Waals surface area contributed by atoms with Gasteiger partial charge in [-0.2, -0.15) is 0 Å². The highest BCUT2D eigenvalue weighted by molar-refractivity contribution is 5.92. The van der Waals surface area contributed by atoms with Crippen molar-refractivity contribution in [1.82, 2.24) is 4.98 Å². The first-order chi connectivity index (χ1) is 7.56. The third-order valence-corrected chi connectivity index (χ3v) is 2.07. The molecule has 88 valence electrons. The van der Waals surface area contributed by atoms with E-state index in [1.165, 1.54) is 0 Å². The number of carboxylic acids is 1. The molecule has 0 bridgehead atoms. The Morgan fingerprint density at radius 1 is 1.50 bits per heavy atom. The average Bonchev–Trinajstić information content (AvgIpc) is 2.16. The fourth-order valence-corrected chi connectivity index (χ4v) is 1.41. The molecule has 1 aromatic rings. The second-order valence-corrected chi connectivity index (χ2v) is 3.45. The molecule has 0 radical (unpaired) electrons. The monoisotopic (exact) mass is 225 g/mol. The van der Waals surface area contributed by atoms with E-state index in [4.69, 9.17) is 14.9 Å². The molecule has 0 unspecified atom stereocenters. The Hall–Kier alpha value is -1.62. The lowest BCUT2D eigenvalue weighted by molar-refractivity contribution is 0.0690. The van der Waals surface area contributed by atoms with Gasteiger partial charge in [0.05, 0.1) is 12.3 Å². The van der Waals surface area contributed by atoms with Gasteiger partial charge in [-0.1, -0.05) is 0 Å². The molecular weight excluding hydrogens is 210 g/mol. The number of ether oxygens (including phenoxy) is 1. The van der Waals surface area contributed by atoms with Crippen LogP contribution in [0.3, 0.4) is 0 Å². The SMILES string of the molecule is Cc1cc(OCCCO)c(C(=O)O)c(C)n1. The van der Waals surface area contributed by atoms with Gasteiger partial charge in [0.25, 0.3) is 0 Å². The minimum atomic E-state index is -1.05. The molecule has 0 atom stereocenters. The van der Waals surface area contributed by atoms with Crippen molar-refractivity contribution >= 4 is 5.97 Å². The second-order valence-electron chi connectivity index (χ2n) is 3.45.